The monoisotopic (exact) mass is 254 g/mol. The fraction of sp³-hybridized carbons (Fsp3) is 0.375. The van der Waals surface area contributed by atoms with Gasteiger partial charge in [0, 0.05) is 0 Å². The Morgan fingerprint density at radius 1 is 1.36 bits per heavy atom. The van der Waals surface area contributed by atoms with Gasteiger partial charge in [-0.1, -0.05) is 59.1 Å². The molecule has 14 heavy (non-hydrogen) atoms. The van der Waals surface area contributed by atoms with Crippen LogP contribution in [0.4, 0.5) is 0 Å². The molecule has 2 unspecified atom stereocenters. The number of Topliss-reactive ketones (excluding diaryl/α,β-unsaturated/α-hetero) is 1. The van der Waals surface area contributed by atoms with E-state index >= 15 is 0 Å². The van der Waals surface area contributed by atoms with Crippen molar-refractivity contribution in [3.8, 4) is 0 Å². The van der Waals surface area contributed by atoms with E-state index in [1.807, 2.05) is 0 Å². The molecule has 3 nitrogen and oxygen atoms in total. The van der Waals surface area contributed by atoms with Gasteiger partial charge in [-0.05, 0) is 0 Å². The summed E-state index contributed by atoms with van der Waals surface area (Å²) < 4.78 is -2.05. The summed E-state index contributed by atoms with van der Waals surface area (Å²) in [6, 6.07) is -0.685. The third-order valence-corrected chi connectivity index (χ3v) is 2.52. The van der Waals surface area contributed by atoms with Gasteiger partial charge in [-0.25, -0.2) is 0 Å². The second-order valence-electron chi connectivity index (χ2n) is 3.03. The van der Waals surface area contributed by atoms with Gasteiger partial charge in [0.1, 0.15) is 5.54 Å². The Bertz CT molecular complexity index is 308. The van der Waals surface area contributed by atoms with Crippen LogP contribution < -0.4 is 11.5 Å². The zero-order chi connectivity index (χ0) is 11.0. The maximum Gasteiger partial charge on any atom is 0.251 e. The van der Waals surface area contributed by atoms with Crippen LogP contribution in [0.2, 0.25) is 0 Å². The third-order valence-electron chi connectivity index (χ3n) is 2.00. The number of hydrogen-bond donors (Lipinski definition) is 2. The van der Waals surface area contributed by atoms with Gasteiger partial charge in [0.05, 0.1) is 6.04 Å². The molecule has 1 aliphatic rings. The number of hydrogen-bond acceptors (Lipinski definition) is 3. The quantitative estimate of drug-likeness (QED) is 0.689. The highest BCUT2D eigenvalue weighted by Gasteiger charge is 2.47. The minimum Gasteiger partial charge on any atom is -0.322 e. The van der Waals surface area contributed by atoms with Crippen molar-refractivity contribution in [2.24, 2.45) is 11.5 Å². The van der Waals surface area contributed by atoms with E-state index < -0.39 is 21.2 Å². The van der Waals surface area contributed by atoms with Crippen LogP contribution in [0.3, 0.4) is 0 Å². The van der Waals surface area contributed by atoms with Gasteiger partial charge >= 0.3 is 0 Å². The summed E-state index contributed by atoms with van der Waals surface area (Å²) in [5.41, 5.74) is 9.97. The second kappa shape index (κ2) is 3.83. The van der Waals surface area contributed by atoms with Crippen LogP contribution in [-0.2, 0) is 4.79 Å². The summed E-state index contributed by atoms with van der Waals surface area (Å²) in [7, 11) is 0. The van der Waals surface area contributed by atoms with Crippen LogP contribution in [0.1, 0.15) is 0 Å². The minimum atomic E-state index is -2.05. The third kappa shape index (κ3) is 2.12. The van der Waals surface area contributed by atoms with Crippen molar-refractivity contribution >= 4 is 40.6 Å². The number of alkyl halides is 3. The van der Waals surface area contributed by atoms with E-state index in [1.165, 1.54) is 6.08 Å². The maximum atomic E-state index is 11.7. The van der Waals surface area contributed by atoms with Gasteiger partial charge in [-0.3, -0.25) is 4.79 Å². The Morgan fingerprint density at radius 3 is 2.36 bits per heavy atom. The number of nitrogens with two attached hydrogens (primary N) is 2. The van der Waals surface area contributed by atoms with Crippen molar-refractivity contribution in [3.05, 3.63) is 24.3 Å². The molecule has 0 aromatic heterocycles. The Hall–Kier alpha value is -0.0600. The SMILES string of the molecule is NC1C=CC=CC1(N)C(=O)C(Cl)(Cl)Cl. The Labute approximate surface area is 96.7 Å². The average Bonchev–Trinajstić information content (AvgIpc) is 2.07. The highest BCUT2D eigenvalue weighted by atomic mass is 35.6. The van der Waals surface area contributed by atoms with Crippen molar-refractivity contribution in [1.82, 2.24) is 0 Å². The highest BCUT2D eigenvalue weighted by Crippen LogP contribution is 2.33. The molecule has 2 atom stereocenters. The molecule has 0 aromatic carbocycles. The number of ketones is 1. The molecule has 0 aromatic rings. The van der Waals surface area contributed by atoms with Gasteiger partial charge in [0.2, 0.25) is 5.78 Å². The molecule has 0 spiro atoms. The first-order chi connectivity index (χ1) is 6.28. The van der Waals surface area contributed by atoms with Gasteiger partial charge in [-0.15, -0.1) is 0 Å². The van der Waals surface area contributed by atoms with E-state index in [9.17, 15) is 4.79 Å². The van der Waals surface area contributed by atoms with E-state index in [1.54, 1.807) is 18.2 Å². The molecule has 0 amide bonds. The van der Waals surface area contributed by atoms with Crippen LogP contribution in [0.25, 0.3) is 0 Å². The number of halogens is 3. The molecule has 0 aliphatic heterocycles. The first-order valence-electron chi connectivity index (χ1n) is 3.80. The molecule has 0 radical (unpaired) electrons. The Kier molecular flexibility index (Phi) is 3.29. The van der Waals surface area contributed by atoms with Crippen LogP contribution in [0.15, 0.2) is 24.3 Å². The number of carbonyl (C=O) groups is 1. The molecule has 1 rings (SSSR count). The van der Waals surface area contributed by atoms with Gasteiger partial charge in [0.25, 0.3) is 3.79 Å². The Balaban J connectivity index is 3.02. The molecule has 78 valence electrons. The van der Waals surface area contributed by atoms with Gasteiger partial charge < -0.3 is 11.5 Å². The van der Waals surface area contributed by atoms with Crippen LogP contribution in [-0.4, -0.2) is 21.2 Å². The van der Waals surface area contributed by atoms with Gasteiger partial charge in [0.15, 0.2) is 0 Å². The lowest BCUT2D eigenvalue weighted by molar-refractivity contribution is -0.122. The summed E-state index contributed by atoms with van der Waals surface area (Å²) in [6.07, 6.45) is 6.29. The van der Waals surface area contributed by atoms with E-state index in [0.717, 1.165) is 0 Å². The maximum absolute atomic E-state index is 11.7. The largest absolute Gasteiger partial charge is 0.322 e. The number of carbonyl (C=O) groups excluding carboxylic acids is 1. The summed E-state index contributed by atoms with van der Waals surface area (Å²) in [4.78, 5) is 11.7. The van der Waals surface area contributed by atoms with E-state index in [-0.39, 0.29) is 0 Å². The first-order valence-corrected chi connectivity index (χ1v) is 4.94. The fourth-order valence-electron chi connectivity index (χ4n) is 1.14. The summed E-state index contributed by atoms with van der Waals surface area (Å²) in [6.45, 7) is 0. The fourth-order valence-corrected chi connectivity index (χ4v) is 1.63. The average molecular weight is 256 g/mol. The molecule has 0 fully saturated rings. The molecular formula is C8H9Cl3N2O. The molecule has 0 heterocycles. The van der Waals surface area contributed by atoms with Crippen molar-refractivity contribution in [3.63, 3.8) is 0 Å². The van der Waals surface area contributed by atoms with Crippen molar-refractivity contribution in [1.29, 1.82) is 0 Å². The van der Waals surface area contributed by atoms with Crippen molar-refractivity contribution in [2.75, 3.05) is 0 Å². The zero-order valence-electron chi connectivity index (χ0n) is 7.08. The zero-order valence-corrected chi connectivity index (χ0v) is 9.35. The standard InChI is InChI=1S/C8H9Cl3N2O/c9-8(10,11)6(14)7(13)4-2-1-3-5(7)12/h1-5H,12-13H2. The summed E-state index contributed by atoms with van der Waals surface area (Å²) in [5.74, 6) is -0.733. The van der Waals surface area contributed by atoms with Crippen LogP contribution in [0, 0.1) is 0 Å². The first kappa shape index (κ1) is 12.0. The molecule has 0 saturated carbocycles. The van der Waals surface area contributed by atoms with Crippen molar-refractivity contribution < 1.29 is 4.79 Å². The smallest absolute Gasteiger partial charge is 0.251 e. The predicted molar refractivity (Wildman–Crippen MR) is 58.5 cm³/mol. The molecule has 0 bridgehead atoms. The highest BCUT2D eigenvalue weighted by molar-refractivity contribution is 6.77. The summed E-state index contributed by atoms with van der Waals surface area (Å²) in [5, 5.41) is 0. The lowest BCUT2D eigenvalue weighted by atomic mass is 9.84. The predicted octanol–water partition coefficient (Wildman–Crippen LogP) is 1.08. The molecule has 4 N–H and O–H groups in total. The second-order valence-corrected chi connectivity index (χ2v) is 5.31. The molecule has 0 saturated heterocycles. The topological polar surface area (TPSA) is 69.1 Å². The minimum absolute atomic E-state index is 0.685. The lowest BCUT2D eigenvalue weighted by Crippen LogP contribution is -2.62. The van der Waals surface area contributed by atoms with E-state index in [4.69, 9.17) is 46.3 Å². The van der Waals surface area contributed by atoms with Gasteiger partial charge in [-0.2, -0.15) is 0 Å². The molecular weight excluding hydrogens is 246 g/mol. The number of rotatable bonds is 1. The van der Waals surface area contributed by atoms with Crippen molar-refractivity contribution in [2.45, 2.75) is 15.4 Å². The van der Waals surface area contributed by atoms with E-state index in [0.29, 0.717) is 0 Å². The lowest BCUT2D eigenvalue weighted by Gasteiger charge is -2.33. The van der Waals surface area contributed by atoms with E-state index in [2.05, 4.69) is 0 Å². The number of allylic oxidation sites excluding steroid dienone is 2. The normalized spacial score (nSPS) is 31.9. The van der Waals surface area contributed by atoms with Crippen LogP contribution in [0.5, 0.6) is 0 Å². The summed E-state index contributed by atoms with van der Waals surface area (Å²) >= 11 is 16.4. The molecule has 1 aliphatic carbocycles. The Morgan fingerprint density at radius 2 is 1.93 bits per heavy atom. The van der Waals surface area contributed by atoms with Crippen LogP contribution >= 0.6 is 34.8 Å². The molecule has 6 heteroatoms.